The molecule has 0 atom stereocenters. The molecule has 4 nitrogen and oxygen atoms in total. The Balaban J connectivity index is 2.06. The van der Waals surface area contributed by atoms with Crippen LogP contribution in [0.4, 0.5) is 4.39 Å². The number of aldehydes is 1. The van der Waals surface area contributed by atoms with Crippen molar-refractivity contribution in [3.63, 3.8) is 0 Å². The number of nitrogens with zero attached hydrogens (tertiary/aromatic N) is 3. The van der Waals surface area contributed by atoms with Crippen molar-refractivity contribution in [3.8, 4) is 5.69 Å². The van der Waals surface area contributed by atoms with Crippen molar-refractivity contribution in [2.45, 2.75) is 38.0 Å². The SMILES string of the molecule is O=Cc1nnn(-c2cccc(F)c2)c1C1CCCCC1. The summed E-state index contributed by atoms with van der Waals surface area (Å²) in [6, 6.07) is 6.22. The highest BCUT2D eigenvalue weighted by molar-refractivity contribution is 5.74. The van der Waals surface area contributed by atoms with E-state index < -0.39 is 0 Å². The van der Waals surface area contributed by atoms with Gasteiger partial charge < -0.3 is 0 Å². The zero-order valence-corrected chi connectivity index (χ0v) is 11.1. The van der Waals surface area contributed by atoms with E-state index in [0.717, 1.165) is 37.7 Å². The molecule has 0 aliphatic heterocycles. The summed E-state index contributed by atoms with van der Waals surface area (Å²) in [7, 11) is 0. The van der Waals surface area contributed by atoms with Gasteiger partial charge in [-0.1, -0.05) is 30.5 Å². The lowest BCUT2D eigenvalue weighted by Crippen LogP contribution is -2.12. The monoisotopic (exact) mass is 273 g/mol. The third-order valence-electron chi connectivity index (χ3n) is 3.89. The van der Waals surface area contributed by atoms with Crippen LogP contribution in [-0.4, -0.2) is 21.3 Å². The fraction of sp³-hybridized carbons (Fsp3) is 0.400. The lowest BCUT2D eigenvalue weighted by Gasteiger charge is -2.22. The van der Waals surface area contributed by atoms with Crippen LogP contribution in [0.3, 0.4) is 0 Å². The Morgan fingerprint density at radius 2 is 2.05 bits per heavy atom. The molecule has 5 heteroatoms. The Kier molecular flexibility index (Phi) is 3.58. The standard InChI is InChI=1S/C15H16FN3O/c16-12-7-4-8-13(9-12)19-15(14(10-20)17-18-19)11-5-2-1-3-6-11/h4,7-11H,1-3,5-6H2. The summed E-state index contributed by atoms with van der Waals surface area (Å²) in [4.78, 5) is 11.2. The first-order chi connectivity index (χ1) is 9.79. The highest BCUT2D eigenvalue weighted by Gasteiger charge is 2.25. The van der Waals surface area contributed by atoms with Crippen molar-refractivity contribution in [1.29, 1.82) is 0 Å². The minimum Gasteiger partial charge on any atom is -0.296 e. The predicted molar refractivity (Wildman–Crippen MR) is 72.5 cm³/mol. The highest BCUT2D eigenvalue weighted by atomic mass is 19.1. The maximum absolute atomic E-state index is 13.4. The number of carbonyl (C=O) groups excluding carboxylic acids is 1. The van der Waals surface area contributed by atoms with Gasteiger partial charge in [-0.05, 0) is 31.0 Å². The minimum atomic E-state index is -0.319. The first-order valence-corrected chi connectivity index (χ1v) is 6.96. The average molecular weight is 273 g/mol. The molecule has 1 aromatic heterocycles. The number of hydrogen-bond donors (Lipinski definition) is 0. The summed E-state index contributed by atoms with van der Waals surface area (Å²) >= 11 is 0. The summed E-state index contributed by atoms with van der Waals surface area (Å²) in [6.07, 6.45) is 6.34. The molecular weight excluding hydrogens is 257 g/mol. The Bertz CT molecular complexity index is 617. The van der Waals surface area contributed by atoms with Crippen molar-refractivity contribution in [1.82, 2.24) is 15.0 Å². The molecule has 1 fully saturated rings. The smallest absolute Gasteiger partial charge is 0.172 e. The Hall–Kier alpha value is -2.04. The number of halogens is 1. The number of benzene rings is 1. The number of hydrogen-bond acceptors (Lipinski definition) is 3. The van der Waals surface area contributed by atoms with Crippen LogP contribution in [-0.2, 0) is 0 Å². The van der Waals surface area contributed by atoms with E-state index in [1.165, 1.54) is 18.6 Å². The lowest BCUT2D eigenvalue weighted by molar-refractivity contribution is 0.111. The van der Waals surface area contributed by atoms with Crippen LogP contribution in [0.15, 0.2) is 24.3 Å². The molecule has 0 saturated heterocycles. The largest absolute Gasteiger partial charge is 0.296 e. The summed E-state index contributed by atoms with van der Waals surface area (Å²) in [5.41, 5.74) is 1.82. The van der Waals surface area contributed by atoms with E-state index in [1.54, 1.807) is 16.8 Å². The fourth-order valence-electron chi connectivity index (χ4n) is 2.94. The lowest BCUT2D eigenvalue weighted by atomic mass is 9.86. The maximum Gasteiger partial charge on any atom is 0.172 e. The van der Waals surface area contributed by atoms with Crippen LogP contribution >= 0.6 is 0 Å². The van der Waals surface area contributed by atoms with E-state index in [0.29, 0.717) is 11.4 Å². The molecule has 20 heavy (non-hydrogen) atoms. The van der Waals surface area contributed by atoms with Crippen molar-refractivity contribution < 1.29 is 9.18 Å². The van der Waals surface area contributed by atoms with Crippen molar-refractivity contribution in [3.05, 3.63) is 41.5 Å². The third-order valence-corrected chi connectivity index (χ3v) is 3.89. The average Bonchev–Trinajstić information content (AvgIpc) is 2.92. The van der Waals surface area contributed by atoms with Crippen LogP contribution in [0.25, 0.3) is 5.69 Å². The van der Waals surface area contributed by atoms with Gasteiger partial charge in [0.25, 0.3) is 0 Å². The van der Waals surface area contributed by atoms with Gasteiger partial charge in [0.05, 0.1) is 11.4 Å². The van der Waals surface area contributed by atoms with E-state index in [1.807, 2.05) is 0 Å². The Labute approximate surface area is 116 Å². The molecule has 0 unspecified atom stereocenters. The van der Waals surface area contributed by atoms with E-state index in [-0.39, 0.29) is 11.7 Å². The first-order valence-electron chi connectivity index (χ1n) is 6.96. The van der Waals surface area contributed by atoms with Crippen molar-refractivity contribution in [2.24, 2.45) is 0 Å². The summed E-state index contributed by atoms with van der Waals surface area (Å²) in [5, 5.41) is 7.98. The van der Waals surface area contributed by atoms with Gasteiger partial charge in [0.2, 0.25) is 0 Å². The molecular formula is C15H16FN3O. The van der Waals surface area contributed by atoms with Crippen molar-refractivity contribution in [2.75, 3.05) is 0 Å². The topological polar surface area (TPSA) is 47.8 Å². The fourth-order valence-corrected chi connectivity index (χ4v) is 2.94. The summed E-state index contributed by atoms with van der Waals surface area (Å²) < 4.78 is 15.0. The van der Waals surface area contributed by atoms with Gasteiger partial charge in [0.15, 0.2) is 6.29 Å². The second kappa shape index (κ2) is 5.53. The van der Waals surface area contributed by atoms with Gasteiger partial charge in [0, 0.05) is 5.92 Å². The van der Waals surface area contributed by atoms with Crippen LogP contribution in [0.5, 0.6) is 0 Å². The molecule has 0 amide bonds. The van der Waals surface area contributed by atoms with E-state index in [9.17, 15) is 9.18 Å². The quantitative estimate of drug-likeness (QED) is 0.806. The molecule has 0 N–H and O–H groups in total. The molecule has 2 aromatic rings. The van der Waals surface area contributed by atoms with Crippen LogP contribution in [0.1, 0.15) is 54.2 Å². The second-order valence-corrected chi connectivity index (χ2v) is 5.20. The van der Waals surface area contributed by atoms with Crippen LogP contribution in [0.2, 0.25) is 0 Å². The van der Waals surface area contributed by atoms with Gasteiger partial charge in [-0.3, -0.25) is 4.79 Å². The van der Waals surface area contributed by atoms with Crippen molar-refractivity contribution >= 4 is 6.29 Å². The van der Waals surface area contributed by atoms with Crippen LogP contribution in [0, 0.1) is 5.82 Å². The van der Waals surface area contributed by atoms with Gasteiger partial charge in [-0.15, -0.1) is 5.10 Å². The zero-order valence-electron chi connectivity index (χ0n) is 11.1. The third kappa shape index (κ3) is 2.35. The van der Waals surface area contributed by atoms with Crippen LogP contribution < -0.4 is 0 Å². The molecule has 3 rings (SSSR count). The normalized spacial score (nSPS) is 16.2. The first kappa shape index (κ1) is 13.0. The molecule has 104 valence electrons. The molecule has 0 radical (unpaired) electrons. The molecule has 1 aliphatic carbocycles. The highest BCUT2D eigenvalue weighted by Crippen LogP contribution is 2.34. The molecule has 1 aliphatic rings. The Morgan fingerprint density at radius 3 is 2.75 bits per heavy atom. The van der Waals surface area contributed by atoms with E-state index in [2.05, 4.69) is 10.3 Å². The summed E-state index contributed by atoms with van der Waals surface area (Å²) in [5.74, 6) is -0.0394. The predicted octanol–water partition coefficient (Wildman–Crippen LogP) is 3.27. The molecule has 1 heterocycles. The zero-order chi connectivity index (χ0) is 13.9. The maximum atomic E-state index is 13.4. The van der Waals surface area contributed by atoms with Gasteiger partial charge in [-0.2, -0.15) is 0 Å². The van der Waals surface area contributed by atoms with Gasteiger partial charge in [0.1, 0.15) is 11.5 Å². The summed E-state index contributed by atoms with van der Waals surface area (Å²) in [6.45, 7) is 0. The minimum absolute atomic E-state index is 0.280. The number of rotatable bonds is 3. The molecule has 1 saturated carbocycles. The van der Waals surface area contributed by atoms with Gasteiger partial charge in [-0.25, -0.2) is 9.07 Å². The second-order valence-electron chi connectivity index (χ2n) is 5.20. The van der Waals surface area contributed by atoms with Gasteiger partial charge >= 0.3 is 0 Å². The number of carbonyl (C=O) groups is 1. The van der Waals surface area contributed by atoms with E-state index >= 15 is 0 Å². The number of aromatic nitrogens is 3. The molecule has 1 aromatic carbocycles. The van der Waals surface area contributed by atoms with E-state index in [4.69, 9.17) is 0 Å². The molecule has 0 spiro atoms. The Morgan fingerprint density at radius 1 is 1.25 bits per heavy atom. The molecule has 0 bridgehead atoms.